The summed E-state index contributed by atoms with van der Waals surface area (Å²) >= 11 is 0. The second kappa shape index (κ2) is 17.3. The lowest BCUT2D eigenvalue weighted by Crippen LogP contribution is -2.43. The van der Waals surface area contributed by atoms with Gasteiger partial charge in [0.1, 0.15) is 5.75 Å². The van der Waals surface area contributed by atoms with Crippen LogP contribution in [0.4, 0.5) is 13.2 Å². The summed E-state index contributed by atoms with van der Waals surface area (Å²) in [6.45, 7) is 1.32. The molecule has 9 nitrogen and oxygen atoms in total. The van der Waals surface area contributed by atoms with E-state index in [1.54, 1.807) is 12.1 Å². The molecule has 2 amide bonds. The standard InChI is InChI=1S/C39H47F3N4O5/c1-3-25-4-8-27(9-5-25)28-12-14-29(15-13-28)32-20-44-38(45-21-32)30-10-6-26(7-11-30)23-46(24-37(49)50)36(48)22-43-35(47)18-31-16-17-33(51-2)19-34(31)39(40,41)42/h6-7,10-11,14,16-17,19-21,25,27-28,37,49-50H,3-5,8-9,12-13,15,18,22-24H2,1-2H3,(H,43,47). The van der Waals surface area contributed by atoms with Crippen molar-refractivity contribution in [2.24, 2.45) is 17.8 Å². The van der Waals surface area contributed by atoms with Crippen LogP contribution in [-0.4, -0.2) is 63.4 Å². The van der Waals surface area contributed by atoms with Gasteiger partial charge < -0.3 is 25.2 Å². The first-order valence-corrected chi connectivity index (χ1v) is 17.7. The minimum atomic E-state index is -4.71. The molecule has 0 bridgehead atoms. The Hall–Kier alpha value is -4.29. The number of aliphatic hydroxyl groups excluding tert-OH is 1. The topological polar surface area (TPSA) is 125 Å². The van der Waals surface area contributed by atoms with Crippen LogP contribution in [0.2, 0.25) is 0 Å². The van der Waals surface area contributed by atoms with Gasteiger partial charge in [0.25, 0.3) is 0 Å². The number of benzene rings is 2. The van der Waals surface area contributed by atoms with Gasteiger partial charge in [-0.25, -0.2) is 9.97 Å². The van der Waals surface area contributed by atoms with Gasteiger partial charge in [-0.05, 0) is 78.7 Å². The zero-order valence-electron chi connectivity index (χ0n) is 29.2. The molecule has 274 valence electrons. The molecule has 2 aromatic carbocycles. The highest BCUT2D eigenvalue weighted by molar-refractivity contribution is 5.86. The molecule has 2 aliphatic rings. The van der Waals surface area contributed by atoms with E-state index in [1.807, 2.05) is 24.5 Å². The molecular weight excluding hydrogens is 661 g/mol. The van der Waals surface area contributed by atoms with Gasteiger partial charge in [0.15, 0.2) is 12.1 Å². The van der Waals surface area contributed by atoms with E-state index in [2.05, 4.69) is 28.3 Å². The number of ether oxygens (including phenoxy) is 1. The summed E-state index contributed by atoms with van der Waals surface area (Å²) < 4.78 is 45.5. The maximum atomic E-state index is 13.5. The van der Waals surface area contributed by atoms with E-state index in [1.165, 1.54) is 57.3 Å². The highest BCUT2D eigenvalue weighted by Crippen LogP contribution is 2.42. The Balaban J connectivity index is 1.14. The van der Waals surface area contributed by atoms with E-state index >= 15 is 0 Å². The highest BCUT2D eigenvalue weighted by atomic mass is 19.4. The molecule has 1 fully saturated rings. The van der Waals surface area contributed by atoms with Crippen molar-refractivity contribution in [3.63, 3.8) is 0 Å². The van der Waals surface area contributed by atoms with Crippen molar-refractivity contribution in [2.75, 3.05) is 20.2 Å². The zero-order chi connectivity index (χ0) is 36.5. The maximum absolute atomic E-state index is 13.5. The number of allylic oxidation sites excluding steroid dienone is 2. The average molecular weight is 709 g/mol. The third-order valence-electron chi connectivity index (χ3n) is 10.3. The van der Waals surface area contributed by atoms with E-state index < -0.39 is 49.4 Å². The first kappa shape index (κ1) is 38.0. The highest BCUT2D eigenvalue weighted by Gasteiger charge is 2.34. The Morgan fingerprint density at radius 3 is 2.27 bits per heavy atom. The number of alkyl halides is 3. The smallest absolute Gasteiger partial charge is 0.416 e. The summed E-state index contributed by atoms with van der Waals surface area (Å²) in [6.07, 6.45) is 9.09. The maximum Gasteiger partial charge on any atom is 0.416 e. The van der Waals surface area contributed by atoms with Crippen molar-refractivity contribution in [2.45, 2.75) is 83.7 Å². The molecule has 3 N–H and O–H groups in total. The van der Waals surface area contributed by atoms with Crippen molar-refractivity contribution < 1.29 is 37.7 Å². The molecule has 2 aliphatic carbocycles. The number of hydrogen-bond acceptors (Lipinski definition) is 7. The molecule has 1 atom stereocenters. The number of rotatable bonds is 13. The molecule has 0 aliphatic heterocycles. The fraction of sp³-hybridized carbons (Fsp3) is 0.487. The number of amides is 2. The Kier molecular flexibility index (Phi) is 12.9. The molecule has 12 heteroatoms. The van der Waals surface area contributed by atoms with Crippen molar-refractivity contribution in [3.8, 4) is 17.1 Å². The first-order chi connectivity index (χ1) is 24.4. The molecule has 0 radical (unpaired) electrons. The van der Waals surface area contributed by atoms with Crippen LogP contribution in [0.1, 0.15) is 80.5 Å². The number of aromatic nitrogens is 2. The fourth-order valence-corrected chi connectivity index (χ4v) is 7.31. The van der Waals surface area contributed by atoms with Gasteiger partial charge in [0.05, 0.1) is 32.2 Å². The number of methoxy groups -OCH3 is 1. The molecule has 3 aromatic rings. The zero-order valence-corrected chi connectivity index (χ0v) is 29.2. The third kappa shape index (κ3) is 10.4. The van der Waals surface area contributed by atoms with E-state index in [-0.39, 0.29) is 17.9 Å². The van der Waals surface area contributed by atoms with Gasteiger partial charge in [0.2, 0.25) is 11.8 Å². The molecule has 1 saturated carbocycles. The third-order valence-corrected chi connectivity index (χ3v) is 10.3. The van der Waals surface area contributed by atoms with E-state index in [4.69, 9.17) is 4.74 Å². The average Bonchev–Trinajstić information content (AvgIpc) is 3.13. The van der Waals surface area contributed by atoms with E-state index in [0.717, 1.165) is 58.8 Å². The second-order valence-corrected chi connectivity index (χ2v) is 13.7. The lowest BCUT2D eigenvalue weighted by molar-refractivity contribution is -0.140. The molecule has 0 spiro atoms. The van der Waals surface area contributed by atoms with Gasteiger partial charge in [-0.15, -0.1) is 0 Å². The van der Waals surface area contributed by atoms with Crippen molar-refractivity contribution in [1.29, 1.82) is 0 Å². The van der Waals surface area contributed by atoms with Crippen LogP contribution in [0, 0.1) is 17.8 Å². The quantitative estimate of drug-likeness (QED) is 0.172. The first-order valence-electron chi connectivity index (χ1n) is 17.7. The largest absolute Gasteiger partial charge is 0.497 e. The lowest BCUT2D eigenvalue weighted by atomic mass is 9.71. The molecule has 1 heterocycles. The number of aliphatic hydroxyl groups is 2. The van der Waals surface area contributed by atoms with Crippen LogP contribution < -0.4 is 10.1 Å². The summed E-state index contributed by atoms with van der Waals surface area (Å²) in [5, 5.41) is 21.6. The second-order valence-electron chi connectivity index (χ2n) is 13.7. The number of carbonyl (C=O) groups excluding carboxylic acids is 2. The van der Waals surface area contributed by atoms with Gasteiger partial charge in [-0.1, -0.05) is 62.6 Å². The summed E-state index contributed by atoms with van der Waals surface area (Å²) in [7, 11) is 1.24. The van der Waals surface area contributed by atoms with Crippen LogP contribution in [0.15, 0.2) is 60.9 Å². The lowest BCUT2D eigenvalue weighted by Gasteiger charge is -2.35. The van der Waals surface area contributed by atoms with Gasteiger partial charge in [-0.3, -0.25) is 9.59 Å². The number of nitrogens with zero attached hydrogens (tertiary/aromatic N) is 3. The fourth-order valence-electron chi connectivity index (χ4n) is 7.31. The number of nitrogens with one attached hydrogen (secondary N) is 1. The van der Waals surface area contributed by atoms with Crippen molar-refractivity contribution in [3.05, 3.63) is 83.2 Å². The van der Waals surface area contributed by atoms with Crippen molar-refractivity contribution >= 4 is 17.4 Å². The number of hydrogen-bond donors (Lipinski definition) is 3. The Bertz CT molecular complexity index is 1650. The van der Waals surface area contributed by atoms with Gasteiger partial charge in [0, 0.05) is 30.1 Å². The Morgan fingerprint density at radius 2 is 1.69 bits per heavy atom. The van der Waals surface area contributed by atoms with Crippen LogP contribution >= 0.6 is 0 Å². The van der Waals surface area contributed by atoms with Crippen LogP contribution in [0.5, 0.6) is 5.75 Å². The predicted molar refractivity (Wildman–Crippen MR) is 187 cm³/mol. The predicted octanol–water partition coefficient (Wildman–Crippen LogP) is 6.57. The molecule has 1 unspecified atom stereocenters. The molecule has 0 saturated heterocycles. The van der Waals surface area contributed by atoms with E-state index in [9.17, 15) is 33.0 Å². The molecule has 1 aromatic heterocycles. The molecule has 5 rings (SSSR count). The Labute approximate surface area is 297 Å². The molecular formula is C39H47F3N4O5. The van der Waals surface area contributed by atoms with Crippen molar-refractivity contribution in [1.82, 2.24) is 20.2 Å². The Morgan fingerprint density at radius 1 is 0.980 bits per heavy atom. The van der Waals surface area contributed by atoms with Crippen LogP contribution in [0.3, 0.4) is 0 Å². The summed E-state index contributed by atoms with van der Waals surface area (Å²) in [4.78, 5) is 35.9. The normalized spacial score (nSPS) is 19.4. The summed E-state index contributed by atoms with van der Waals surface area (Å²) in [5.41, 5.74) is 2.51. The minimum absolute atomic E-state index is 0.00164. The minimum Gasteiger partial charge on any atom is -0.497 e. The summed E-state index contributed by atoms with van der Waals surface area (Å²) in [6, 6.07) is 10.5. The van der Waals surface area contributed by atoms with Gasteiger partial charge in [-0.2, -0.15) is 13.2 Å². The van der Waals surface area contributed by atoms with Crippen LogP contribution in [0.25, 0.3) is 17.0 Å². The summed E-state index contributed by atoms with van der Waals surface area (Å²) in [5.74, 6) is 1.65. The molecule has 51 heavy (non-hydrogen) atoms. The number of carbonyl (C=O) groups is 2. The van der Waals surface area contributed by atoms with E-state index in [0.29, 0.717) is 11.4 Å². The SMILES string of the molecule is CCC1CCC(C2CC=C(c3cnc(-c4ccc(CN(CC(O)O)C(=O)CNC(=O)Cc5ccc(OC)cc5C(F)(F)F)cc4)nc3)CC2)CC1. The van der Waals surface area contributed by atoms with Gasteiger partial charge >= 0.3 is 6.18 Å². The monoisotopic (exact) mass is 708 g/mol. The number of halogens is 3. The van der Waals surface area contributed by atoms with Crippen LogP contribution in [-0.2, 0) is 28.7 Å².